The molecule has 136 valence electrons. The Morgan fingerprint density at radius 3 is 2.44 bits per heavy atom. The molecule has 6 nitrogen and oxygen atoms in total. The van der Waals surface area contributed by atoms with Crippen molar-refractivity contribution < 1.29 is 14.3 Å². The molecule has 2 aliphatic rings. The van der Waals surface area contributed by atoms with Gasteiger partial charge in [-0.3, -0.25) is 9.59 Å². The van der Waals surface area contributed by atoms with Crippen molar-refractivity contribution in [2.45, 2.75) is 26.3 Å². The van der Waals surface area contributed by atoms with Gasteiger partial charge in [0.25, 0.3) is 0 Å². The second-order valence-corrected chi connectivity index (χ2v) is 7.10. The number of methoxy groups -OCH3 is 1. The minimum atomic E-state index is -0.137. The van der Waals surface area contributed by atoms with Crippen LogP contribution in [0, 0.1) is 11.8 Å². The van der Waals surface area contributed by atoms with Gasteiger partial charge in [-0.25, -0.2) is 0 Å². The van der Waals surface area contributed by atoms with E-state index in [9.17, 15) is 9.59 Å². The van der Waals surface area contributed by atoms with Crippen LogP contribution in [0.3, 0.4) is 0 Å². The number of rotatable bonds is 5. The van der Waals surface area contributed by atoms with E-state index in [0.29, 0.717) is 19.5 Å². The van der Waals surface area contributed by atoms with Crippen LogP contribution in [0.5, 0.6) is 5.75 Å². The lowest BCUT2D eigenvalue weighted by atomic mass is 10.2. The molecule has 1 aliphatic heterocycles. The average molecular weight is 345 g/mol. The molecule has 1 heterocycles. The molecule has 2 atom stereocenters. The zero-order valence-corrected chi connectivity index (χ0v) is 15.2. The summed E-state index contributed by atoms with van der Waals surface area (Å²) in [7, 11) is 1.67. The number of amides is 2. The van der Waals surface area contributed by atoms with Crippen molar-refractivity contribution in [3.8, 4) is 5.75 Å². The topological polar surface area (TPSA) is 61.9 Å². The summed E-state index contributed by atoms with van der Waals surface area (Å²) in [6.45, 7) is 6.81. The Morgan fingerprint density at radius 1 is 1.12 bits per heavy atom. The minimum absolute atomic E-state index is 0.0148. The quantitative estimate of drug-likeness (QED) is 0.879. The molecule has 2 fully saturated rings. The fraction of sp³-hybridized carbons (Fsp3) is 0.579. The third-order valence-corrected chi connectivity index (χ3v) is 4.89. The van der Waals surface area contributed by atoms with Crippen LogP contribution in [0.15, 0.2) is 24.3 Å². The molecule has 1 aromatic carbocycles. The van der Waals surface area contributed by atoms with Gasteiger partial charge in [-0.2, -0.15) is 0 Å². The smallest absolute Gasteiger partial charge is 0.226 e. The summed E-state index contributed by atoms with van der Waals surface area (Å²) in [5.41, 5.74) is 1.07. The fourth-order valence-electron chi connectivity index (χ4n) is 3.44. The van der Waals surface area contributed by atoms with Gasteiger partial charge in [0.2, 0.25) is 11.8 Å². The highest BCUT2D eigenvalue weighted by Gasteiger charge is 2.49. The molecule has 6 heteroatoms. The number of hydrogen-bond acceptors (Lipinski definition) is 4. The number of piperazine rings is 1. The number of benzene rings is 1. The molecule has 2 unspecified atom stereocenters. The number of nitrogens with zero attached hydrogens (tertiary/aromatic N) is 2. The van der Waals surface area contributed by atoms with Crippen LogP contribution in [0.4, 0.5) is 5.69 Å². The Kier molecular flexibility index (Phi) is 5.16. The molecule has 0 bridgehead atoms. The standard InChI is InChI=1S/C19H27N3O3/c1-13(2)20-18(23)14-12-15(14)19(24)22-10-8-21(9-11-22)16-6-4-5-7-17(16)25-3/h4-7,13-15H,8-12H2,1-3H3,(H,20,23). The number of hydrogen-bond donors (Lipinski definition) is 1. The molecule has 0 radical (unpaired) electrons. The van der Waals surface area contributed by atoms with Crippen LogP contribution in [0.2, 0.25) is 0 Å². The first-order valence-electron chi connectivity index (χ1n) is 8.98. The molecular formula is C19H27N3O3. The maximum Gasteiger partial charge on any atom is 0.226 e. The predicted molar refractivity (Wildman–Crippen MR) is 96.7 cm³/mol. The van der Waals surface area contributed by atoms with Gasteiger partial charge in [0, 0.05) is 32.2 Å². The van der Waals surface area contributed by atoms with Gasteiger partial charge in [0.15, 0.2) is 0 Å². The summed E-state index contributed by atoms with van der Waals surface area (Å²) >= 11 is 0. The summed E-state index contributed by atoms with van der Waals surface area (Å²) in [5, 5.41) is 2.90. The average Bonchev–Trinajstić information content (AvgIpc) is 3.41. The Bertz CT molecular complexity index is 639. The van der Waals surface area contributed by atoms with Crippen LogP contribution < -0.4 is 15.0 Å². The maximum absolute atomic E-state index is 12.6. The Morgan fingerprint density at radius 2 is 1.80 bits per heavy atom. The Hall–Kier alpha value is -2.24. The largest absolute Gasteiger partial charge is 0.495 e. The summed E-state index contributed by atoms with van der Waals surface area (Å²) in [4.78, 5) is 28.8. The lowest BCUT2D eigenvalue weighted by Crippen LogP contribution is -2.49. The molecule has 1 aromatic rings. The van der Waals surface area contributed by atoms with Gasteiger partial charge in [-0.05, 0) is 32.4 Å². The number of ether oxygens (including phenoxy) is 1. The lowest BCUT2D eigenvalue weighted by Gasteiger charge is -2.36. The van der Waals surface area contributed by atoms with E-state index >= 15 is 0 Å². The summed E-state index contributed by atoms with van der Waals surface area (Å²) in [6, 6.07) is 8.07. The molecule has 2 amide bonds. The molecule has 1 N–H and O–H groups in total. The van der Waals surface area contributed by atoms with Gasteiger partial charge >= 0.3 is 0 Å². The van der Waals surface area contributed by atoms with E-state index in [1.807, 2.05) is 43.0 Å². The zero-order valence-electron chi connectivity index (χ0n) is 15.2. The summed E-state index contributed by atoms with van der Waals surface area (Å²) < 4.78 is 5.43. The van der Waals surface area contributed by atoms with Gasteiger partial charge in [0.05, 0.1) is 24.6 Å². The molecule has 0 aromatic heterocycles. The minimum Gasteiger partial charge on any atom is -0.495 e. The first-order valence-corrected chi connectivity index (χ1v) is 8.98. The Balaban J connectivity index is 1.53. The maximum atomic E-state index is 12.6. The SMILES string of the molecule is COc1ccccc1N1CCN(C(=O)C2CC2C(=O)NC(C)C)CC1. The highest BCUT2D eigenvalue weighted by atomic mass is 16.5. The van der Waals surface area contributed by atoms with E-state index in [1.54, 1.807) is 7.11 Å². The summed E-state index contributed by atoms with van der Waals surface area (Å²) in [6.07, 6.45) is 0.685. The number of nitrogens with one attached hydrogen (secondary N) is 1. The first-order chi connectivity index (χ1) is 12.0. The molecule has 0 spiro atoms. The molecule has 3 rings (SSSR count). The van der Waals surface area contributed by atoms with Crippen LogP contribution in [-0.2, 0) is 9.59 Å². The van der Waals surface area contributed by atoms with Gasteiger partial charge in [-0.1, -0.05) is 12.1 Å². The van der Waals surface area contributed by atoms with E-state index in [4.69, 9.17) is 4.74 Å². The monoisotopic (exact) mass is 345 g/mol. The fourth-order valence-corrected chi connectivity index (χ4v) is 3.44. The van der Waals surface area contributed by atoms with Crippen molar-refractivity contribution in [3.63, 3.8) is 0 Å². The first kappa shape index (κ1) is 17.6. The van der Waals surface area contributed by atoms with Crippen LogP contribution in [0.1, 0.15) is 20.3 Å². The van der Waals surface area contributed by atoms with Crippen molar-refractivity contribution in [1.82, 2.24) is 10.2 Å². The lowest BCUT2D eigenvalue weighted by molar-refractivity contribution is -0.135. The van der Waals surface area contributed by atoms with Gasteiger partial charge in [0.1, 0.15) is 5.75 Å². The summed E-state index contributed by atoms with van der Waals surface area (Å²) in [5.74, 6) is 0.734. The number of para-hydroxylation sites is 2. The van der Waals surface area contributed by atoms with Crippen molar-refractivity contribution >= 4 is 17.5 Å². The van der Waals surface area contributed by atoms with Crippen molar-refractivity contribution in [2.24, 2.45) is 11.8 Å². The third kappa shape index (κ3) is 3.89. The van der Waals surface area contributed by atoms with Crippen LogP contribution in [0.25, 0.3) is 0 Å². The highest BCUT2D eigenvalue weighted by molar-refractivity contribution is 5.92. The molecule has 1 saturated carbocycles. The van der Waals surface area contributed by atoms with E-state index in [0.717, 1.165) is 24.5 Å². The van der Waals surface area contributed by atoms with E-state index in [1.165, 1.54) is 0 Å². The molecule has 1 saturated heterocycles. The van der Waals surface area contributed by atoms with Crippen LogP contribution >= 0.6 is 0 Å². The highest BCUT2D eigenvalue weighted by Crippen LogP contribution is 2.40. The molecule has 25 heavy (non-hydrogen) atoms. The van der Waals surface area contributed by atoms with Gasteiger partial charge in [-0.15, -0.1) is 0 Å². The predicted octanol–water partition coefficient (Wildman–Crippen LogP) is 1.50. The van der Waals surface area contributed by atoms with E-state index < -0.39 is 0 Å². The molecular weight excluding hydrogens is 318 g/mol. The van der Waals surface area contributed by atoms with Crippen molar-refractivity contribution in [1.29, 1.82) is 0 Å². The van der Waals surface area contributed by atoms with Crippen molar-refractivity contribution in [3.05, 3.63) is 24.3 Å². The normalized spacial score (nSPS) is 22.7. The number of anilines is 1. The van der Waals surface area contributed by atoms with E-state index in [2.05, 4.69) is 10.2 Å². The number of carbonyl (C=O) groups excluding carboxylic acids is 2. The third-order valence-electron chi connectivity index (χ3n) is 4.89. The van der Waals surface area contributed by atoms with Crippen molar-refractivity contribution in [2.75, 3.05) is 38.2 Å². The number of carbonyl (C=O) groups is 2. The van der Waals surface area contributed by atoms with E-state index in [-0.39, 0.29) is 29.7 Å². The van der Waals surface area contributed by atoms with Crippen LogP contribution in [-0.4, -0.2) is 56.0 Å². The molecule has 1 aliphatic carbocycles. The van der Waals surface area contributed by atoms with Gasteiger partial charge < -0.3 is 19.9 Å². The Labute approximate surface area is 149 Å². The second kappa shape index (κ2) is 7.33. The zero-order chi connectivity index (χ0) is 18.0. The second-order valence-electron chi connectivity index (χ2n) is 7.10.